The van der Waals surface area contributed by atoms with E-state index in [-0.39, 0.29) is 5.91 Å². The molecule has 0 saturated carbocycles. The molecule has 2 aromatic rings. The van der Waals surface area contributed by atoms with E-state index in [9.17, 15) is 9.59 Å². The second-order valence-electron chi connectivity index (χ2n) is 5.34. The number of carbonyl (C=O) groups excluding carboxylic acids is 2. The Labute approximate surface area is 141 Å². The van der Waals surface area contributed by atoms with Gasteiger partial charge in [-0.25, -0.2) is 0 Å². The smallest absolute Gasteiger partial charge is 0.253 e. The maximum Gasteiger partial charge on any atom is 0.253 e. The first-order valence-electron chi connectivity index (χ1n) is 7.55. The van der Waals surface area contributed by atoms with Crippen LogP contribution in [0.4, 0.5) is 11.4 Å². The molecule has 2 amide bonds. The van der Waals surface area contributed by atoms with Crippen LogP contribution in [0.15, 0.2) is 54.6 Å². The number of rotatable bonds is 7. The summed E-state index contributed by atoms with van der Waals surface area (Å²) in [7, 11) is 1.47. The monoisotopic (exact) mass is 327 g/mol. The summed E-state index contributed by atoms with van der Waals surface area (Å²) in [5.74, 6) is -0.729. The highest BCUT2D eigenvalue weighted by Crippen LogP contribution is 2.22. The van der Waals surface area contributed by atoms with E-state index in [2.05, 4.69) is 10.6 Å². The van der Waals surface area contributed by atoms with Gasteiger partial charge in [0.2, 0.25) is 5.91 Å². The van der Waals surface area contributed by atoms with E-state index < -0.39 is 18.1 Å². The van der Waals surface area contributed by atoms with Crippen LogP contribution in [0.5, 0.6) is 0 Å². The summed E-state index contributed by atoms with van der Waals surface area (Å²) in [4.78, 5) is 23.6. The highest BCUT2D eigenvalue weighted by Gasteiger charge is 2.17. The van der Waals surface area contributed by atoms with E-state index in [0.717, 1.165) is 5.56 Å². The van der Waals surface area contributed by atoms with Gasteiger partial charge >= 0.3 is 0 Å². The van der Waals surface area contributed by atoms with Gasteiger partial charge in [-0.15, -0.1) is 0 Å². The van der Waals surface area contributed by atoms with Gasteiger partial charge in [0.15, 0.2) is 0 Å². The van der Waals surface area contributed by atoms with Crippen LogP contribution >= 0.6 is 0 Å². The summed E-state index contributed by atoms with van der Waals surface area (Å²) in [6.45, 7) is 1.66. The highest BCUT2D eigenvalue weighted by molar-refractivity contribution is 5.94. The molecule has 0 spiro atoms. The molecule has 6 heteroatoms. The molecule has 0 radical (unpaired) electrons. The standard InChI is InChI=1S/C18H21N3O3/c1-12(24-2)18(23)21-15-10-6-9-14(11-15)20-16(17(19)22)13-7-4-3-5-8-13/h3-12,16,20H,1-2H3,(H2,19,22)(H,21,23)/t12-,16-/m0/s1. The van der Waals surface area contributed by atoms with Gasteiger partial charge < -0.3 is 21.1 Å². The molecule has 0 aliphatic rings. The van der Waals surface area contributed by atoms with Crippen LogP contribution in [0.3, 0.4) is 0 Å². The van der Waals surface area contributed by atoms with E-state index in [4.69, 9.17) is 10.5 Å². The van der Waals surface area contributed by atoms with Gasteiger partial charge in [-0.05, 0) is 30.7 Å². The average molecular weight is 327 g/mol. The molecule has 2 aromatic carbocycles. The Morgan fingerprint density at radius 1 is 1.04 bits per heavy atom. The van der Waals surface area contributed by atoms with Crippen LogP contribution in [-0.2, 0) is 14.3 Å². The summed E-state index contributed by atoms with van der Waals surface area (Å²) in [6.07, 6.45) is -0.552. The molecule has 4 N–H and O–H groups in total. The molecule has 0 aliphatic heterocycles. The van der Waals surface area contributed by atoms with Crippen LogP contribution in [0.2, 0.25) is 0 Å². The Hall–Kier alpha value is -2.86. The molecular formula is C18H21N3O3. The van der Waals surface area contributed by atoms with Crippen LogP contribution in [0, 0.1) is 0 Å². The number of nitrogens with two attached hydrogens (primary N) is 1. The van der Waals surface area contributed by atoms with Gasteiger partial charge in [0, 0.05) is 18.5 Å². The lowest BCUT2D eigenvalue weighted by Crippen LogP contribution is -2.28. The zero-order chi connectivity index (χ0) is 17.5. The number of primary amides is 1. The fourth-order valence-electron chi connectivity index (χ4n) is 2.17. The van der Waals surface area contributed by atoms with E-state index in [1.165, 1.54) is 7.11 Å². The van der Waals surface area contributed by atoms with E-state index in [0.29, 0.717) is 11.4 Å². The van der Waals surface area contributed by atoms with Crippen molar-refractivity contribution in [2.45, 2.75) is 19.1 Å². The third-order valence-corrected chi connectivity index (χ3v) is 3.58. The molecule has 24 heavy (non-hydrogen) atoms. The first-order valence-corrected chi connectivity index (χ1v) is 7.55. The van der Waals surface area contributed by atoms with Gasteiger partial charge in [-0.1, -0.05) is 36.4 Å². The summed E-state index contributed by atoms with van der Waals surface area (Å²) in [5, 5.41) is 5.85. The van der Waals surface area contributed by atoms with Gasteiger partial charge in [0.05, 0.1) is 0 Å². The highest BCUT2D eigenvalue weighted by atomic mass is 16.5. The van der Waals surface area contributed by atoms with E-state index in [1.807, 2.05) is 30.3 Å². The summed E-state index contributed by atoms with van der Waals surface area (Å²) in [6, 6.07) is 15.6. The molecule has 2 atom stereocenters. The molecule has 126 valence electrons. The number of methoxy groups -OCH3 is 1. The van der Waals surface area contributed by atoms with Gasteiger partial charge in [0.1, 0.15) is 12.1 Å². The number of nitrogens with one attached hydrogen (secondary N) is 2. The normalized spacial score (nSPS) is 12.9. The minimum absolute atomic E-state index is 0.246. The van der Waals surface area contributed by atoms with Crippen LogP contribution in [0.1, 0.15) is 18.5 Å². The van der Waals surface area contributed by atoms with Crippen molar-refractivity contribution < 1.29 is 14.3 Å². The largest absolute Gasteiger partial charge is 0.372 e. The van der Waals surface area contributed by atoms with Crippen LogP contribution in [0.25, 0.3) is 0 Å². The molecule has 0 heterocycles. The van der Waals surface area contributed by atoms with Gasteiger partial charge in [-0.3, -0.25) is 9.59 Å². The third kappa shape index (κ3) is 4.57. The fourth-order valence-corrected chi connectivity index (χ4v) is 2.17. The number of carbonyl (C=O) groups is 2. The Kier molecular flexibility index (Phi) is 5.92. The van der Waals surface area contributed by atoms with Crippen LogP contribution < -0.4 is 16.4 Å². The number of benzene rings is 2. The van der Waals surface area contributed by atoms with Crippen molar-refractivity contribution in [2.75, 3.05) is 17.7 Å². The second kappa shape index (κ2) is 8.12. The van der Waals surface area contributed by atoms with Crippen molar-refractivity contribution >= 4 is 23.2 Å². The Morgan fingerprint density at radius 2 is 1.71 bits per heavy atom. The third-order valence-electron chi connectivity index (χ3n) is 3.58. The Balaban J connectivity index is 2.15. The minimum atomic E-state index is -0.657. The van der Waals surface area contributed by atoms with E-state index in [1.54, 1.807) is 31.2 Å². The molecule has 0 saturated heterocycles. The zero-order valence-electron chi connectivity index (χ0n) is 13.7. The van der Waals surface area contributed by atoms with Crippen molar-refractivity contribution in [3.63, 3.8) is 0 Å². The maximum absolute atomic E-state index is 11.9. The fraction of sp³-hybridized carbons (Fsp3) is 0.222. The predicted molar refractivity (Wildman–Crippen MR) is 93.5 cm³/mol. The van der Waals surface area contributed by atoms with Gasteiger partial charge in [-0.2, -0.15) is 0 Å². The van der Waals surface area contributed by atoms with Gasteiger partial charge in [0.25, 0.3) is 5.91 Å². The number of anilines is 2. The lowest BCUT2D eigenvalue weighted by atomic mass is 10.1. The summed E-state index contributed by atoms with van der Waals surface area (Å²) >= 11 is 0. The quantitative estimate of drug-likeness (QED) is 0.727. The first-order chi connectivity index (χ1) is 11.5. The number of hydrogen-bond donors (Lipinski definition) is 3. The predicted octanol–water partition coefficient (Wildman–Crippen LogP) is 2.30. The topological polar surface area (TPSA) is 93.4 Å². The lowest BCUT2D eigenvalue weighted by molar-refractivity contribution is -0.124. The molecule has 0 fully saturated rings. The van der Waals surface area contributed by atoms with Crippen molar-refractivity contribution in [1.29, 1.82) is 0 Å². The van der Waals surface area contributed by atoms with Crippen LogP contribution in [-0.4, -0.2) is 25.0 Å². The Morgan fingerprint density at radius 3 is 2.33 bits per heavy atom. The molecule has 0 aromatic heterocycles. The maximum atomic E-state index is 11.9. The zero-order valence-corrected chi connectivity index (χ0v) is 13.7. The molecule has 0 unspecified atom stereocenters. The lowest BCUT2D eigenvalue weighted by Gasteiger charge is -2.18. The van der Waals surface area contributed by atoms with E-state index >= 15 is 0 Å². The second-order valence-corrected chi connectivity index (χ2v) is 5.34. The SMILES string of the molecule is CO[C@@H](C)C(=O)Nc1cccc(N[C@H](C(N)=O)c2ccccc2)c1. The number of hydrogen-bond acceptors (Lipinski definition) is 4. The van der Waals surface area contributed by atoms with Crippen molar-refractivity contribution in [2.24, 2.45) is 5.73 Å². The number of ether oxygens (including phenoxy) is 1. The summed E-state index contributed by atoms with van der Waals surface area (Å²) < 4.78 is 4.98. The molecule has 0 aliphatic carbocycles. The molecule has 6 nitrogen and oxygen atoms in total. The molecular weight excluding hydrogens is 306 g/mol. The molecule has 0 bridgehead atoms. The minimum Gasteiger partial charge on any atom is -0.372 e. The van der Waals surface area contributed by atoms with Crippen molar-refractivity contribution in [1.82, 2.24) is 0 Å². The number of amides is 2. The molecule has 2 rings (SSSR count). The average Bonchev–Trinajstić information content (AvgIpc) is 2.59. The van der Waals surface area contributed by atoms with Crippen molar-refractivity contribution in [3.8, 4) is 0 Å². The first kappa shape index (κ1) is 17.5. The Bertz CT molecular complexity index is 704. The summed E-state index contributed by atoms with van der Waals surface area (Å²) in [5.41, 5.74) is 7.55. The van der Waals surface area contributed by atoms with Crippen molar-refractivity contribution in [3.05, 3.63) is 60.2 Å².